The molecule has 0 bridgehead atoms. The molecule has 2 heterocycles. The predicted octanol–water partition coefficient (Wildman–Crippen LogP) is 1.87. The van der Waals surface area contributed by atoms with Crippen molar-refractivity contribution in [2.24, 2.45) is 4.99 Å². The summed E-state index contributed by atoms with van der Waals surface area (Å²) in [7, 11) is 0. The molecule has 0 radical (unpaired) electrons. The summed E-state index contributed by atoms with van der Waals surface area (Å²) in [6.07, 6.45) is 0.645. The molecule has 1 fully saturated rings. The Morgan fingerprint density at radius 1 is 1.58 bits per heavy atom. The van der Waals surface area contributed by atoms with Crippen LogP contribution in [0, 0.1) is 0 Å². The second-order valence-electron chi connectivity index (χ2n) is 4.63. The Kier molecular flexibility index (Phi) is 4.35. The zero-order chi connectivity index (χ0) is 14.2. The van der Waals surface area contributed by atoms with Gasteiger partial charge in [-0.15, -0.1) is 11.8 Å². The van der Waals surface area contributed by atoms with E-state index in [0.717, 1.165) is 11.3 Å². The topological polar surface area (TPSA) is 70.0 Å². The maximum atomic E-state index is 12.1. The van der Waals surface area contributed by atoms with Gasteiger partial charge in [0.05, 0.1) is 0 Å². The van der Waals surface area contributed by atoms with E-state index in [-0.39, 0.29) is 17.0 Å². The molecule has 19 heavy (non-hydrogen) atoms. The molecule has 0 saturated carbocycles. The molecule has 0 aromatic rings. The van der Waals surface area contributed by atoms with E-state index in [1.807, 2.05) is 13.8 Å². The van der Waals surface area contributed by atoms with Crippen molar-refractivity contribution in [3.8, 4) is 0 Å². The van der Waals surface area contributed by atoms with Crippen molar-refractivity contribution in [1.29, 1.82) is 0 Å². The van der Waals surface area contributed by atoms with Crippen LogP contribution in [0.1, 0.15) is 20.3 Å². The van der Waals surface area contributed by atoms with E-state index in [0.29, 0.717) is 17.5 Å². The van der Waals surface area contributed by atoms with Gasteiger partial charge in [0, 0.05) is 16.8 Å². The first-order chi connectivity index (χ1) is 8.97. The normalized spacial score (nSPS) is 25.8. The Morgan fingerprint density at radius 2 is 2.26 bits per heavy atom. The molecule has 2 rings (SSSR count). The summed E-state index contributed by atoms with van der Waals surface area (Å²) in [5.74, 6) is -0.579. The number of carboxylic acids is 1. The number of rotatable bonds is 4. The Bertz CT molecular complexity index is 485. The summed E-state index contributed by atoms with van der Waals surface area (Å²) < 4.78 is 0. The third-order valence-electron chi connectivity index (χ3n) is 3.02. The molecule has 0 unspecified atom stereocenters. The Hall–Kier alpha value is -0.820. The lowest BCUT2D eigenvalue weighted by molar-refractivity contribution is -0.147. The van der Waals surface area contributed by atoms with Crippen LogP contribution in [0.4, 0.5) is 0 Å². The highest BCUT2D eigenvalue weighted by Crippen LogP contribution is 2.42. The second kappa shape index (κ2) is 5.66. The maximum absolute atomic E-state index is 12.1. The Labute approximate surface area is 124 Å². The summed E-state index contributed by atoms with van der Waals surface area (Å²) in [5, 5.41) is 9.87. The van der Waals surface area contributed by atoms with E-state index >= 15 is 0 Å². The maximum Gasteiger partial charge on any atom is 0.352 e. The highest BCUT2D eigenvalue weighted by atomic mass is 79.9. The molecule has 1 saturated heterocycles. The summed E-state index contributed by atoms with van der Waals surface area (Å²) in [5.41, 5.74) is 1.81. The summed E-state index contributed by atoms with van der Waals surface area (Å²) in [6.45, 7) is 3.68. The minimum Gasteiger partial charge on any atom is -0.477 e. The number of hydrogen-bond acceptors (Lipinski definition) is 4. The number of aliphatic carboxylic acids is 1. The third-order valence-corrected chi connectivity index (χ3v) is 4.74. The molecule has 104 valence electrons. The molecule has 0 spiro atoms. The van der Waals surface area contributed by atoms with Crippen molar-refractivity contribution in [1.82, 2.24) is 4.90 Å². The Morgan fingerprint density at radius 3 is 2.79 bits per heavy atom. The number of carbonyl (C=O) groups is 2. The van der Waals surface area contributed by atoms with E-state index in [1.54, 1.807) is 11.8 Å². The molecular weight excluding hydrogens is 332 g/mol. The number of halogens is 1. The summed E-state index contributed by atoms with van der Waals surface area (Å²) in [4.78, 5) is 29.2. The number of aliphatic imine (C=N–C) groups is 1. The molecule has 2 aliphatic heterocycles. The first kappa shape index (κ1) is 14.6. The van der Waals surface area contributed by atoms with Crippen molar-refractivity contribution < 1.29 is 14.7 Å². The van der Waals surface area contributed by atoms with E-state index in [1.165, 1.54) is 4.90 Å². The zero-order valence-electron chi connectivity index (χ0n) is 10.7. The van der Waals surface area contributed by atoms with Gasteiger partial charge < -0.3 is 5.11 Å². The fourth-order valence-corrected chi connectivity index (χ4v) is 4.08. The molecule has 0 aliphatic carbocycles. The number of alkyl halides is 1. The van der Waals surface area contributed by atoms with Gasteiger partial charge in [0.25, 0.3) is 5.91 Å². The van der Waals surface area contributed by atoms with Crippen molar-refractivity contribution in [2.45, 2.75) is 31.7 Å². The van der Waals surface area contributed by atoms with Crippen molar-refractivity contribution in [3.63, 3.8) is 0 Å². The van der Waals surface area contributed by atoms with Crippen LogP contribution < -0.4 is 0 Å². The first-order valence-electron chi connectivity index (χ1n) is 5.94. The van der Waals surface area contributed by atoms with Gasteiger partial charge in [-0.25, -0.2) is 4.79 Å². The molecule has 0 aromatic carbocycles. The first-order valence-corrected chi connectivity index (χ1v) is 8.11. The van der Waals surface area contributed by atoms with Crippen LogP contribution in [0.2, 0.25) is 0 Å². The van der Waals surface area contributed by atoms with E-state index in [9.17, 15) is 14.7 Å². The van der Waals surface area contributed by atoms with E-state index < -0.39 is 12.0 Å². The lowest BCUT2D eigenvalue weighted by Crippen LogP contribution is -2.64. The van der Waals surface area contributed by atoms with Gasteiger partial charge in [-0.1, -0.05) is 15.9 Å². The van der Waals surface area contributed by atoms with Gasteiger partial charge in [-0.2, -0.15) is 0 Å². The number of hydrogen-bond donors (Lipinski definition) is 1. The molecule has 0 aromatic heterocycles. The van der Waals surface area contributed by atoms with Crippen LogP contribution in [0.25, 0.3) is 0 Å². The Balaban J connectivity index is 2.30. The minimum atomic E-state index is -1.02. The monoisotopic (exact) mass is 346 g/mol. The molecule has 2 atom stereocenters. The smallest absolute Gasteiger partial charge is 0.352 e. The number of carbonyl (C=O) groups excluding carboxylic acids is 1. The zero-order valence-corrected chi connectivity index (χ0v) is 13.1. The molecule has 1 amide bonds. The number of fused-ring (bicyclic) bond motifs is 1. The van der Waals surface area contributed by atoms with Gasteiger partial charge in [0.15, 0.2) is 6.04 Å². The van der Waals surface area contributed by atoms with Gasteiger partial charge in [-0.05, 0) is 25.8 Å². The van der Waals surface area contributed by atoms with E-state index in [4.69, 9.17) is 0 Å². The standard InChI is InChI=1S/C12H15BrN2O3S/c1-6(2)14-8-10(16)15-9(12(17)18)7(3-4-13)5-19-11(8)15/h8,11H,3-5H2,1-2H3,(H,17,18)/t8-,11+/m1/s1. The number of thioether (sulfide) groups is 1. The predicted molar refractivity (Wildman–Crippen MR) is 78.7 cm³/mol. The molecule has 5 nitrogen and oxygen atoms in total. The largest absolute Gasteiger partial charge is 0.477 e. The third kappa shape index (κ3) is 2.58. The highest BCUT2D eigenvalue weighted by molar-refractivity contribution is 9.09. The van der Waals surface area contributed by atoms with Crippen LogP contribution in [-0.4, -0.2) is 50.1 Å². The van der Waals surface area contributed by atoms with Gasteiger partial charge in [0.1, 0.15) is 11.1 Å². The second-order valence-corrected chi connectivity index (χ2v) is 6.53. The minimum absolute atomic E-state index is 0.160. The quantitative estimate of drug-likeness (QED) is 0.479. The lowest BCUT2D eigenvalue weighted by Gasteiger charge is -2.48. The molecule has 2 aliphatic rings. The van der Waals surface area contributed by atoms with Crippen LogP contribution in [0.15, 0.2) is 16.3 Å². The van der Waals surface area contributed by atoms with Crippen LogP contribution in [0.3, 0.4) is 0 Å². The SMILES string of the molecule is CC(C)=N[C@@H]1C(=O)N2C(C(=O)O)=C(CCBr)CS[C@@H]12. The summed E-state index contributed by atoms with van der Waals surface area (Å²) in [6, 6.07) is -0.421. The van der Waals surface area contributed by atoms with Crippen molar-refractivity contribution in [3.05, 3.63) is 11.3 Å². The molecule has 1 N–H and O–H groups in total. The molecule has 7 heteroatoms. The van der Waals surface area contributed by atoms with Gasteiger partial charge >= 0.3 is 5.97 Å². The fourth-order valence-electron chi connectivity index (χ4n) is 2.23. The van der Waals surface area contributed by atoms with Crippen molar-refractivity contribution >= 4 is 45.3 Å². The van der Waals surface area contributed by atoms with Crippen molar-refractivity contribution in [2.75, 3.05) is 11.1 Å². The average Bonchev–Trinajstić information content (AvgIpc) is 2.35. The number of nitrogens with zero attached hydrogens (tertiary/aromatic N) is 2. The number of carboxylic acid groups (broad SMARTS) is 1. The number of amides is 1. The van der Waals surface area contributed by atoms with E-state index in [2.05, 4.69) is 20.9 Å². The fraction of sp³-hybridized carbons (Fsp3) is 0.583. The summed E-state index contributed by atoms with van der Waals surface area (Å²) >= 11 is 4.90. The molecular formula is C12H15BrN2O3S. The van der Waals surface area contributed by atoms with Gasteiger partial charge in [0.2, 0.25) is 0 Å². The van der Waals surface area contributed by atoms with Crippen LogP contribution in [-0.2, 0) is 9.59 Å². The van der Waals surface area contributed by atoms with Crippen LogP contribution in [0.5, 0.6) is 0 Å². The number of β-lactam (4-membered cyclic amide) rings is 1. The van der Waals surface area contributed by atoms with Crippen LogP contribution >= 0.6 is 27.7 Å². The lowest BCUT2D eigenvalue weighted by atomic mass is 10.0. The highest BCUT2D eigenvalue weighted by Gasteiger charge is 2.53. The van der Waals surface area contributed by atoms with Gasteiger partial charge in [-0.3, -0.25) is 14.7 Å². The average molecular weight is 347 g/mol.